The van der Waals surface area contributed by atoms with Gasteiger partial charge in [0.05, 0.1) is 4.99 Å². The van der Waals surface area contributed by atoms with Crippen LogP contribution >= 0.6 is 12.2 Å². The molecule has 1 atom stereocenters. The highest BCUT2D eigenvalue weighted by atomic mass is 32.1. The van der Waals surface area contributed by atoms with Gasteiger partial charge in [0.15, 0.2) is 5.78 Å². The van der Waals surface area contributed by atoms with Crippen molar-refractivity contribution in [3.05, 3.63) is 35.9 Å². The van der Waals surface area contributed by atoms with Gasteiger partial charge >= 0.3 is 5.97 Å². The number of Topliss-reactive ketones (excluding diaryl/α,β-unsaturated/α-hetero) is 1. The van der Waals surface area contributed by atoms with Crippen LogP contribution in [0.5, 0.6) is 0 Å². The van der Waals surface area contributed by atoms with Gasteiger partial charge < -0.3 is 10.0 Å². The zero-order valence-electron chi connectivity index (χ0n) is 13.3. The molecule has 1 N–H and O–H groups in total. The molecule has 0 radical (unpaired) electrons. The summed E-state index contributed by atoms with van der Waals surface area (Å²) in [6.45, 7) is 3.96. The number of benzene rings is 1. The van der Waals surface area contributed by atoms with Gasteiger partial charge in [-0.2, -0.15) is 0 Å². The van der Waals surface area contributed by atoms with E-state index in [2.05, 4.69) is 0 Å². The molecular formula is C17H23NO3S. The first-order valence-corrected chi connectivity index (χ1v) is 7.80. The monoisotopic (exact) mass is 321 g/mol. The second-order valence-corrected chi connectivity index (χ2v) is 6.25. The number of carboxylic acid groups (broad SMARTS) is 1. The van der Waals surface area contributed by atoms with Gasteiger partial charge in [-0.15, -0.1) is 0 Å². The fourth-order valence-corrected chi connectivity index (χ4v) is 2.44. The molecule has 120 valence electrons. The highest BCUT2D eigenvalue weighted by Crippen LogP contribution is 2.14. The third kappa shape index (κ3) is 5.56. The van der Waals surface area contributed by atoms with E-state index >= 15 is 0 Å². The number of hydrogen-bond acceptors (Lipinski definition) is 3. The van der Waals surface area contributed by atoms with Crippen molar-refractivity contribution in [2.45, 2.75) is 39.2 Å². The minimum absolute atomic E-state index is 0.0204. The van der Waals surface area contributed by atoms with Crippen LogP contribution in [0.3, 0.4) is 0 Å². The molecule has 0 aliphatic heterocycles. The first-order valence-electron chi connectivity index (χ1n) is 7.39. The van der Waals surface area contributed by atoms with E-state index in [1.807, 2.05) is 32.0 Å². The summed E-state index contributed by atoms with van der Waals surface area (Å²) in [6.07, 6.45) is 1.21. The molecule has 0 saturated heterocycles. The molecule has 0 spiro atoms. The number of aliphatic carboxylic acids is 1. The smallest absolute Gasteiger partial charge is 0.326 e. The quantitative estimate of drug-likeness (QED) is 0.587. The van der Waals surface area contributed by atoms with Crippen LogP contribution in [0.2, 0.25) is 0 Å². The Balaban J connectivity index is 2.60. The highest BCUT2D eigenvalue weighted by Gasteiger charge is 2.25. The van der Waals surface area contributed by atoms with E-state index in [0.717, 1.165) is 0 Å². The van der Waals surface area contributed by atoms with E-state index in [1.54, 1.807) is 24.1 Å². The number of rotatable bonds is 8. The third-order valence-corrected chi connectivity index (χ3v) is 3.99. The predicted molar refractivity (Wildman–Crippen MR) is 91.2 cm³/mol. The zero-order valence-corrected chi connectivity index (χ0v) is 14.1. The summed E-state index contributed by atoms with van der Waals surface area (Å²) in [4.78, 5) is 25.5. The number of carbonyl (C=O) groups excluding carboxylic acids is 1. The Morgan fingerprint density at radius 3 is 2.27 bits per heavy atom. The summed E-state index contributed by atoms with van der Waals surface area (Å²) in [5.41, 5.74) is 0.657. The van der Waals surface area contributed by atoms with E-state index in [4.69, 9.17) is 12.2 Å². The van der Waals surface area contributed by atoms with Crippen molar-refractivity contribution in [1.29, 1.82) is 0 Å². The van der Waals surface area contributed by atoms with Gasteiger partial charge in [-0.3, -0.25) is 4.79 Å². The van der Waals surface area contributed by atoms with Crippen molar-refractivity contribution in [2.75, 3.05) is 7.05 Å². The van der Waals surface area contributed by atoms with E-state index in [1.165, 1.54) is 0 Å². The van der Waals surface area contributed by atoms with Crippen LogP contribution in [0.15, 0.2) is 30.3 Å². The normalized spacial score (nSPS) is 12.0. The van der Waals surface area contributed by atoms with Crippen LogP contribution in [-0.4, -0.2) is 39.8 Å². The summed E-state index contributed by atoms with van der Waals surface area (Å²) >= 11 is 5.30. The average Bonchev–Trinajstić information content (AvgIpc) is 2.49. The molecule has 0 aliphatic carbocycles. The Hall–Kier alpha value is -1.75. The molecule has 1 aromatic carbocycles. The maximum absolute atomic E-state index is 12.1. The first kappa shape index (κ1) is 18.3. The topological polar surface area (TPSA) is 57.6 Å². The van der Waals surface area contributed by atoms with Crippen molar-refractivity contribution in [3.8, 4) is 0 Å². The second kappa shape index (κ2) is 8.63. The Morgan fingerprint density at radius 1 is 1.18 bits per heavy atom. The number of carbonyl (C=O) groups is 2. The van der Waals surface area contributed by atoms with Crippen molar-refractivity contribution >= 4 is 29.0 Å². The molecule has 22 heavy (non-hydrogen) atoms. The minimum atomic E-state index is -0.882. The van der Waals surface area contributed by atoms with E-state index in [-0.39, 0.29) is 11.7 Å². The van der Waals surface area contributed by atoms with Gasteiger partial charge in [0, 0.05) is 25.5 Å². The van der Waals surface area contributed by atoms with Crippen LogP contribution in [0, 0.1) is 5.92 Å². The van der Waals surface area contributed by atoms with Crippen LogP contribution in [-0.2, 0) is 4.79 Å². The molecule has 0 unspecified atom stereocenters. The molecule has 5 heteroatoms. The van der Waals surface area contributed by atoms with Gasteiger partial charge in [0.1, 0.15) is 6.04 Å². The van der Waals surface area contributed by atoms with Crippen molar-refractivity contribution in [1.82, 2.24) is 4.90 Å². The molecule has 1 rings (SSSR count). The summed E-state index contributed by atoms with van der Waals surface area (Å²) in [5.74, 6) is -0.600. The molecule has 0 bridgehead atoms. The van der Waals surface area contributed by atoms with Crippen LogP contribution in [0.1, 0.15) is 43.5 Å². The number of ketones is 1. The molecule has 0 aliphatic rings. The van der Waals surface area contributed by atoms with Gasteiger partial charge in [0.25, 0.3) is 0 Å². The molecule has 0 fully saturated rings. The fraction of sp³-hybridized carbons (Fsp3) is 0.471. The average molecular weight is 321 g/mol. The van der Waals surface area contributed by atoms with Crippen LogP contribution in [0.4, 0.5) is 0 Å². The minimum Gasteiger partial charge on any atom is -0.480 e. The molecule has 0 saturated carbocycles. The van der Waals surface area contributed by atoms with Crippen molar-refractivity contribution < 1.29 is 14.7 Å². The summed E-state index contributed by atoms with van der Waals surface area (Å²) in [5, 5.41) is 9.33. The second-order valence-electron chi connectivity index (χ2n) is 5.78. The SMILES string of the molecule is CC(C)C[C@@H](C(=O)O)N(C)C(=S)CCC(=O)c1ccccc1. The fourth-order valence-electron chi connectivity index (χ4n) is 2.21. The number of hydrogen-bond donors (Lipinski definition) is 1. The maximum atomic E-state index is 12.1. The van der Waals surface area contributed by atoms with Crippen LogP contribution < -0.4 is 0 Å². The highest BCUT2D eigenvalue weighted by molar-refractivity contribution is 7.80. The largest absolute Gasteiger partial charge is 0.480 e. The standard InChI is InChI=1S/C17H23NO3S/c1-12(2)11-14(17(20)21)18(3)16(22)10-9-15(19)13-7-5-4-6-8-13/h4-8,12,14H,9-11H2,1-3H3,(H,20,21)/t14-/m0/s1. The number of likely N-dealkylation sites (N-methyl/N-ethyl adjacent to an activating group) is 1. The molecule has 0 aromatic heterocycles. The molecule has 4 nitrogen and oxygen atoms in total. The van der Waals surface area contributed by atoms with Gasteiger partial charge in [-0.1, -0.05) is 56.4 Å². The van der Waals surface area contributed by atoms with E-state index in [0.29, 0.717) is 29.8 Å². The van der Waals surface area contributed by atoms with E-state index in [9.17, 15) is 14.7 Å². The molecule has 1 aromatic rings. The van der Waals surface area contributed by atoms with Gasteiger partial charge in [-0.25, -0.2) is 4.79 Å². The molecule has 0 amide bonds. The maximum Gasteiger partial charge on any atom is 0.326 e. The van der Waals surface area contributed by atoms with Gasteiger partial charge in [0.2, 0.25) is 0 Å². The molecular weight excluding hydrogens is 298 g/mol. The number of thiocarbonyl (C=S) groups is 1. The summed E-state index contributed by atoms with van der Waals surface area (Å²) < 4.78 is 0. The Labute approximate surface area is 137 Å². The third-order valence-electron chi connectivity index (χ3n) is 3.50. The van der Waals surface area contributed by atoms with Crippen LogP contribution in [0.25, 0.3) is 0 Å². The van der Waals surface area contributed by atoms with E-state index < -0.39 is 12.0 Å². The number of carboxylic acids is 1. The zero-order chi connectivity index (χ0) is 16.7. The predicted octanol–water partition coefficient (Wildman–Crippen LogP) is 3.41. The summed E-state index contributed by atoms with van der Waals surface area (Å²) in [7, 11) is 1.69. The lowest BCUT2D eigenvalue weighted by atomic mass is 10.0. The lowest BCUT2D eigenvalue weighted by Crippen LogP contribution is -2.42. The first-order chi connectivity index (χ1) is 10.3. The van der Waals surface area contributed by atoms with Gasteiger partial charge in [-0.05, 0) is 12.3 Å². The summed E-state index contributed by atoms with van der Waals surface area (Å²) in [6, 6.07) is 8.40. The lowest BCUT2D eigenvalue weighted by Gasteiger charge is -2.28. The Bertz CT molecular complexity index is 528. The Morgan fingerprint density at radius 2 is 1.77 bits per heavy atom. The Kier molecular flexibility index (Phi) is 7.18. The molecule has 0 heterocycles. The number of nitrogens with zero attached hydrogens (tertiary/aromatic N) is 1. The lowest BCUT2D eigenvalue weighted by molar-refractivity contribution is -0.141. The van der Waals surface area contributed by atoms with Crippen molar-refractivity contribution in [3.63, 3.8) is 0 Å². The van der Waals surface area contributed by atoms with Crippen molar-refractivity contribution in [2.24, 2.45) is 5.92 Å².